The molecule has 0 aromatic heterocycles. The van der Waals surface area contributed by atoms with E-state index in [-0.39, 0.29) is 24.3 Å². The van der Waals surface area contributed by atoms with Gasteiger partial charge in [-0.3, -0.25) is 0 Å². The molecule has 1 rings (SSSR count). The highest BCUT2D eigenvalue weighted by Gasteiger charge is 2.13. The lowest BCUT2D eigenvalue weighted by Gasteiger charge is -2.07. The van der Waals surface area contributed by atoms with Gasteiger partial charge in [0.25, 0.3) is 0 Å². The number of hydrogen-bond donors (Lipinski definition) is 0. The van der Waals surface area contributed by atoms with Gasteiger partial charge in [-0.2, -0.15) is 0 Å². The molecule has 4 heteroatoms. The number of carbonyl (C=O) groups excluding carboxylic acids is 2. The van der Waals surface area contributed by atoms with E-state index in [9.17, 15) is 9.59 Å². The second-order valence-electron chi connectivity index (χ2n) is 3.82. The molecule has 4 nitrogen and oxygen atoms in total. The van der Waals surface area contributed by atoms with Crippen LogP contribution in [0.4, 0.5) is 0 Å². The highest BCUT2D eigenvalue weighted by atomic mass is 16.5. The van der Waals surface area contributed by atoms with Crippen molar-refractivity contribution in [1.82, 2.24) is 0 Å². The Labute approximate surface area is 118 Å². The Hall–Kier alpha value is -2.62. The largest absolute Gasteiger partial charge is 0.458 e. The van der Waals surface area contributed by atoms with Crippen LogP contribution >= 0.6 is 0 Å². The minimum Gasteiger partial charge on any atom is -0.458 e. The van der Waals surface area contributed by atoms with Gasteiger partial charge in [-0.25, -0.2) is 9.59 Å². The normalized spacial score (nSPS) is 9.40. The summed E-state index contributed by atoms with van der Waals surface area (Å²) >= 11 is 0. The van der Waals surface area contributed by atoms with Gasteiger partial charge in [0.2, 0.25) is 0 Å². The van der Waals surface area contributed by atoms with Crippen molar-refractivity contribution in [2.24, 2.45) is 0 Å². The van der Waals surface area contributed by atoms with Crippen LogP contribution in [0.5, 0.6) is 0 Å². The van der Waals surface area contributed by atoms with Crippen LogP contribution in [0.2, 0.25) is 0 Å². The third-order valence-electron chi connectivity index (χ3n) is 2.33. The van der Waals surface area contributed by atoms with E-state index in [1.807, 2.05) is 0 Å². The molecule has 1 aromatic carbocycles. The summed E-state index contributed by atoms with van der Waals surface area (Å²) in [6.07, 6.45) is 4.47. The Balaban J connectivity index is 3.04. The van der Waals surface area contributed by atoms with E-state index in [4.69, 9.17) is 9.47 Å². The molecule has 20 heavy (non-hydrogen) atoms. The highest BCUT2D eigenvalue weighted by Crippen LogP contribution is 2.14. The van der Waals surface area contributed by atoms with Crippen molar-refractivity contribution in [3.63, 3.8) is 0 Å². The van der Waals surface area contributed by atoms with Crippen LogP contribution in [0.1, 0.15) is 26.3 Å². The molecule has 0 heterocycles. The van der Waals surface area contributed by atoms with Crippen molar-refractivity contribution in [2.75, 3.05) is 13.2 Å². The second kappa shape index (κ2) is 7.74. The van der Waals surface area contributed by atoms with Crippen molar-refractivity contribution in [1.29, 1.82) is 0 Å². The molecule has 0 amide bonds. The Bertz CT molecular complexity index is 501. The van der Waals surface area contributed by atoms with Gasteiger partial charge in [-0.15, -0.1) is 0 Å². The van der Waals surface area contributed by atoms with Crippen LogP contribution in [0, 0.1) is 0 Å². The molecule has 0 aliphatic rings. The highest BCUT2D eigenvalue weighted by molar-refractivity contribution is 5.96. The first-order chi connectivity index (χ1) is 9.62. The number of carbonyl (C=O) groups is 2. The van der Waals surface area contributed by atoms with Crippen LogP contribution in [0.3, 0.4) is 0 Å². The molecule has 0 spiro atoms. The molecule has 0 saturated heterocycles. The van der Waals surface area contributed by atoms with Gasteiger partial charge in [0, 0.05) is 0 Å². The van der Waals surface area contributed by atoms with Gasteiger partial charge in [0.05, 0.1) is 11.1 Å². The van der Waals surface area contributed by atoms with Crippen LogP contribution in [0.15, 0.2) is 50.1 Å². The van der Waals surface area contributed by atoms with Crippen LogP contribution in [0.25, 0.3) is 6.08 Å². The monoisotopic (exact) mass is 272 g/mol. The number of rotatable bonds is 7. The quantitative estimate of drug-likeness (QED) is 0.565. The van der Waals surface area contributed by atoms with Crippen molar-refractivity contribution in [2.45, 2.75) is 0 Å². The Morgan fingerprint density at radius 3 is 1.70 bits per heavy atom. The van der Waals surface area contributed by atoms with E-state index in [0.717, 1.165) is 0 Å². The smallest absolute Gasteiger partial charge is 0.338 e. The molecule has 0 fully saturated rings. The summed E-state index contributed by atoms with van der Waals surface area (Å²) in [4.78, 5) is 23.6. The molecule has 1 aromatic rings. The third kappa shape index (κ3) is 4.24. The Morgan fingerprint density at radius 2 is 1.35 bits per heavy atom. The van der Waals surface area contributed by atoms with Crippen molar-refractivity contribution in [3.8, 4) is 0 Å². The van der Waals surface area contributed by atoms with Gasteiger partial charge >= 0.3 is 11.9 Å². The maximum atomic E-state index is 11.8. The summed E-state index contributed by atoms with van der Waals surface area (Å²) in [5.74, 6) is -1.07. The maximum absolute atomic E-state index is 11.8. The van der Waals surface area contributed by atoms with Crippen LogP contribution in [-0.2, 0) is 9.47 Å². The molecule has 0 atom stereocenters. The standard InChI is InChI=1S/C16H16O4/c1-4-7-19-15(17)13-9-12(6-3)10-14(11-13)16(18)20-8-5-2/h4-6,9-11H,1-3,7-8H2. The third-order valence-corrected chi connectivity index (χ3v) is 2.33. The van der Waals surface area contributed by atoms with Crippen molar-refractivity contribution in [3.05, 3.63) is 66.8 Å². The van der Waals surface area contributed by atoms with Crippen molar-refractivity contribution < 1.29 is 19.1 Å². The average Bonchev–Trinajstić information content (AvgIpc) is 2.49. The van der Waals surface area contributed by atoms with Gasteiger partial charge in [0.15, 0.2) is 0 Å². The lowest BCUT2D eigenvalue weighted by molar-refractivity contribution is 0.0548. The fourth-order valence-corrected chi connectivity index (χ4v) is 1.44. The molecule has 104 valence electrons. The molecule has 0 bridgehead atoms. The van der Waals surface area contributed by atoms with Crippen LogP contribution in [-0.4, -0.2) is 25.2 Å². The summed E-state index contributed by atoms with van der Waals surface area (Å²) < 4.78 is 9.87. The molecular formula is C16H16O4. The molecular weight excluding hydrogens is 256 g/mol. The van der Waals surface area contributed by atoms with Crippen molar-refractivity contribution >= 4 is 18.0 Å². The number of hydrogen-bond acceptors (Lipinski definition) is 4. The topological polar surface area (TPSA) is 52.6 Å². The fraction of sp³-hybridized carbons (Fsp3) is 0.125. The molecule has 0 unspecified atom stereocenters. The van der Waals surface area contributed by atoms with Crippen LogP contribution < -0.4 is 0 Å². The Kier molecular flexibility index (Phi) is 5.97. The van der Waals surface area contributed by atoms with Gasteiger partial charge < -0.3 is 9.47 Å². The number of benzene rings is 1. The lowest BCUT2D eigenvalue weighted by atomic mass is 10.1. The van der Waals surface area contributed by atoms with Gasteiger partial charge in [-0.05, 0) is 23.8 Å². The first-order valence-electron chi connectivity index (χ1n) is 5.96. The average molecular weight is 272 g/mol. The summed E-state index contributed by atoms with van der Waals surface area (Å²) in [6, 6.07) is 4.59. The minimum atomic E-state index is -0.536. The number of ether oxygens (including phenoxy) is 2. The second-order valence-corrected chi connectivity index (χ2v) is 3.82. The zero-order valence-corrected chi connectivity index (χ0v) is 11.1. The first-order valence-corrected chi connectivity index (χ1v) is 5.96. The minimum absolute atomic E-state index is 0.105. The van der Waals surface area contributed by atoms with E-state index in [1.54, 1.807) is 12.1 Å². The Morgan fingerprint density at radius 1 is 0.900 bits per heavy atom. The molecule has 0 saturated carbocycles. The SMILES string of the molecule is C=CCOC(=O)c1cc(C=C)cc(C(=O)OCC=C)c1. The van der Waals surface area contributed by atoms with Gasteiger partial charge in [0.1, 0.15) is 13.2 Å². The number of esters is 2. The van der Waals surface area contributed by atoms with Gasteiger partial charge in [-0.1, -0.05) is 38.0 Å². The molecule has 0 aliphatic carbocycles. The predicted molar refractivity (Wildman–Crippen MR) is 77.5 cm³/mol. The summed E-state index contributed by atoms with van der Waals surface area (Å²) in [7, 11) is 0. The summed E-state index contributed by atoms with van der Waals surface area (Å²) in [5.41, 5.74) is 1.15. The van der Waals surface area contributed by atoms with E-state index < -0.39 is 11.9 Å². The van der Waals surface area contributed by atoms with E-state index in [1.165, 1.54) is 24.3 Å². The predicted octanol–water partition coefficient (Wildman–Crippen LogP) is 3.02. The summed E-state index contributed by atoms with van der Waals surface area (Å²) in [5, 5.41) is 0. The zero-order chi connectivity index (χ0) is 15.0. The fourth-order valence-electron chi connectivity index (χ4n) is 1.44. The molecule has 0 aliphatic heterocycles. The van der Waals surface area contributed by atoms with E-state index >= 15 is 0 Å². The lowest BCUT2D eigenvalue weighted by Crippen LogP contribution is -2.10. The zero-order valence-electron chi connectivity index (χ0n) is 11.1. The maximum Gasteiger partial charge on any atom is 0.338 e. The molecule has 0 radical (unpaired) electrons. The summed E-state index contributed by atoms with van der Waals surface area (Å²) in [6.45, 7) is 10.8. The molecule has 0 N–H and O–H groups in total. The first kappa shape index (κ1) is 15.4. The van der Waals surface area contributed by atoms with E-state index in [0.29, 0.717) is 5.56 Å². The van der Waals surface area contributed by atoms with E-state index in [2.05, 4.69) is 19.7 Å².